The number of rotatable bonds is 5. The Morgan fingerprint density at radius 2 is 2.32 bits per heavy atom. The average Bonchev–Trinajstić information content (AvgIpc) is 2.91. The van der Waals surface area contributed by atoms with E-state index < -0.39 is 0 Å². The highest BCUT2D eigenvalue weighted by Gasteiger charge is 2.09. The average molecular weight is 263 g/mol. The van der Waals surface area contributed by atoms with Crippen LogP contribution in [-0.4, -0.2) is 37.4 Å². The van der Waals surface area contributed by atoms with Gasteiger partial charge in [-0.05, 0) is 26.3 Å². The number of hydrogen-bond acceptors (Lipinski definition) is 5. The van der Waals surface area contributed by atoms with Crippen molar-refractivity contribution in [2.75, 3.05) is 12.3 Å². The SMILES string of the molecule is Cc1cc(C)n(CCCNC(=O)c2nc(N)n[nH]2)n1. The normalized spacial score (nSPS) is 10.6. The van der Waals surface area contributed by atoms with E-state index in [0.29, 0.717) is 6.54 Å². The molecule has 4 N–H and O–H groups in total. The van der Waals surface area contributed by atoms with Crippen molar-refractivity contribution in [2.45, 2.75) is 26.8 Å². The van der Waals surface area contributed by atoms with Gasteiger partial charge in [-0.3, -0.25) is 14.6 Å². The molecule has 2 aromatic heterocycles. The van der Waals surface area contributed by atoms with Crippen molar-refractivity contribution in [3.63, 3.8) is 0 Å². The molecule has 0 radical (unpaired) electrons. The summed E-state index contributed by atoms with van der Waals surface area (Å²) in [5, 5.41) is 13.1. The van der Waals surface area contributed by atoms with E-state index in [9.17, 15) is 4.79 Å². The molecule has 0 spiro atoms. The highest BCUT2D eigenvalue weighted by atomic mass is 16.2. The minimum absolute atomic E-state index is 0.0628. The van der Waals surface area contributed by atoms with Gasteiger partial charge in [-0.25, -0.2) is 0 Å². The lowest BCUT2D eigenvalue weighted by Crippen LogP contribution is -2.26. The molecular formula is C11H17N7O. The third kappa shape index (κ3) is 3.30. The van der Waals surface area contributed by atoms with Crippen molar-refractivity contribution in [3.8, 4) is 0 Å². The molecule has 2 aromatic rings. The fraction of sp³-hybridized carbons (Fsp3) is 0.455. The topological polar surface area (TPSA) is 115 Å². The van der Waals surface area contributed by atoms with E-state index in [4.69, 9.17) is 5.73 Å². The van der Waals surface area contributed by atoms with Crippen LogP contribution in [-0.2, 0) is 6.54 Å². The first kappa shape index (κ1) is 13.1. The van der Waals surface area contributed by atoms with Crippen molar-refractivity contribution >= 4 is 11.9 Å². The number of nitrogens with one attached hydrogen (secondary N) is 2. The molecule has 0 aliphatic carbocycles. The summed E-state index contributed by atoms with van der Waals surface area (Å²) < 4.78 is 1.92. The van der Waals surface area contributed by atoms with E-state index in [0.717, 1.165) is 24.4 Å². The lowest BCUT2D eigenvalue weighted by Gasteiger charge is -2.05. The van der Waals surface area contributed by atoms with Gasteiger partial charge in [-0.2, -0.15) is 10.1 Å². The van der Waals surface area contributed by atoms with E-state index >= 15 is 0 Å². The zero-order chi connectivity index (χ0) is 13.8. The summed E-state index contributed by atoms with van der Waals surface area (Å²) in [6, 6.07) is 2.02. The summed E-state index contributed by atoms with van der Waals surface area (Å²) >= 11 is 0. The van der Waals surface area contributed by atoms with Gasteiger partial charge < -0.3 is 11.1 Å². The molecular weight excluding hydrogens is 246 g/mol. The van der Waals surface area contributed by atoms with E-state index in [2.05, 4.69) is 25.6 Å². The second-order valence-electron chi connectivity index (χ2n) is 4.30. The Kier molecular flexibility index (Phi) is 3.79. The lowest BCUT2D eigenvalue weighted by molar-refractivity contribution is 0.0942. The smallest absolute Gasteiger partial charge is 0.288 e. The summed E-state index contributed by atoms with van der Waals surface area (Å²) in [7, 11) is 0. The number of aromatic nitrogens is 5. The lowest BCUT2D eigenvalue weighted by atomic mass is 10.4. The fourth-order valence-corrected chi connectivity index (χ4v) is 1.79. The van der Waals surface area contributed by atoms with Crippen LogP contribution < -0.4 is 11.1 Å². The second kappa shape index (κ2) is 5.51. The highest BCUT2D eigenvalue weighted by molar-refractivity contribution is 5.90. The second-order valence-corrected chi connectivity index (χ2v) is 4.30. The maximum atomic E-state index is 11.6. The van der Waals surface area contributed by atoms with Crippen molar-refractivity contribution in [2.24, 2.45) is 0 Å². The van der Waals surface area contributed by atoms with E-state index in [1.54, 1.807) is 0 Å². The van der Waals surface area contributed by atoms with Crippen LogP contribution >= 0.6 is 0 Å². The van der Waals surface area contributed by atoms with Gasteiger partial charge in [0.25, 0.3) is 5.91 Å². The molecule has 0 saturated carbocycles. The van der Waals surface area contributed by atoms with Crippen LogP contribution in [0.5, 0.6) is 0 Å². The molecule has 0 aromatic carbocycles. The number of nitrogens with zero attached hydrogens (tertiary/aromatic N) is 4. The number of hydrogen-bond donors (Lipinski definition) is 3. The quantitative estimate of drug-likeness (QED) is 0.658. The third-order valence-electron chi connectivity index (χ3n) is 2.65. The molecule has 0 saturated heterocycles. The first-order chi connectivity index (χ1) is 9.06. The van der Waals surface area contributed by atoms with Crippen molar-refractivity contribution in [1.29, 1.82) is 0 Å². The van der Waals surface area contributed by atoms with Crippen molar-refractivity contribution < 1.29 is 4.79 Å². The van der Waals surface area contributed by atoms with E-state index in [1.165, 1.54) is 0 Å². The predicted octanol–water partition coefficient (Wildman–Crippen LogP) is 0.0203. The number of carbonyl (C=O) groups is 1. The van der Waals surface area contributed by atoms with Crippen LogP contribution in [0.3, 0.4) is 0 Å². The van der Waals surface area contributed by atoms with Crippen LogP contribution in [0.25, 0.3) is 0 Å². The molecule has 0 aliphatic rings. The summed E-state index contributed by atoms with van der Waals surface area (Å²) in [5.74, 6) is -0.117. The van der Waals surface area contributed by atoms with Gasteiger partial charge >= 0.3 is 0 Å². The Morgan fingerprint density at radius 1 is 1.53 bits per heavy atom. The Balaban J connectivity index is 1.75. The first-order valence-electron chi connectivity index (χ1n) is 6.03. The van der Waals surface area contributed by atoms with Crippen molar-refractivity contribution in [3.05, 3.63) is 23.3 Å². The molecule has 8 heteroatoms. The third-order valence-corrected chi connectivity index (χ3v) is 2.65. The maximum absolute atomic E-state index is 11.6. The summed E-state index contributed by atoms with van der Waals surface area (Å²) in [4.78, 5) is 15.4. The summed E-state index contributed by atoms with van der Waals surface area (Å²) in [5.41, 5.74) is 7.44. The van der Waals surface area contributed by atoms with E-state index in [-0.39, 0.29) is 17.7 Å². The molecule has 0 bridgehead atoms. The molecule has 2 heterocycles. The molecule has 0 atom stereocenters. The van der Waals surface area contributed by atoms with Crippen molar-refractivity contribution in [1.82, 2.24) is 30.3 Å². The standard InChI is InChI=1S/C11H17N7O/c1-7-6-8(2)18(17-7)5-3-4-13-10(19)9-14-11(12)16-15-9/h6H,3-5H2,1-2H3,(H,13,19)(H3,12,14,15,16). The predicted molar refractivity (Wildman–Crippen MR) is 69.4 cm³/mol. The van der Waals surface area contributed by atoms with Crippen LogP contribution in [0.2, 0.25) is 0 Å². The Labute approximate surface area is 110 Å². The van der Waals surface area contributed by atoms with Gasteiger partial charge in [0.05, 0.1) is 5.69 Å². The van der Waals surface area contributed by atoms with Crippen LogP contribution in [0.4, 0.5) is 5.95 Å². The number of nitrogens with two attached hydrogens (primary N) is 1. The van der Waals surface area contributed by atoms with Gasteiger partial charge in [0, 0.05) is 18.8 Å². The Bertz CT molecular complexity index is 571. The number of carbonyl (C=O) groups excluding carboxylic acids is 1. The molecule has 0 aliphatic heterocycles. The van der Waals surface area contributed by atoms with Gasteiger partial charge in [0.2, 0.25) is 11.8 Å². The summed E-state index contributed by atoms with van der Waals surface area (Å²) in [6.45, 7) is 5.27. The molecule has 8 nitrogen and oxygen atoms in total. The minimum Gasteiger partial charge on any atom is -0.366 e. The van der Waals surface area contributed by atoms with Gasteiger partial charge in [0.1, 0.15) is 0 Å². The van der Waals surface area contributed by atoms with Gasteiger partial charge in [-0.15, -0.1) is 5.10 Å². The number of anilines is 1. The summed E-state index contributed by atoms with van der Waals surface area (Å²) in [6.07, 6.45) is 0.789. The monoisotopic (exact) mass is 263 g/mol. The highest BCUT2D eigenvalue weighted by Crippen LogP contribution is 2.02. The number of aryl methyl sites for hydroxylation is 3. The molecule has 0 fully saturated rings. The molecule has 0 unspecified atom stereocenters. The van der Waals surface area contributed by atoms with Gasteiger partial charge in [-0.1, -0.05) is 0 Å². The van der Waals surface area contributed by atoms with Gasteiger partial charge in [0.15, 0.2) is 0 Å². The molecule has 102 valence electrons. The number of amides is 1. The largest absolute Gasteiger partial charge is 0.366 e. The minimum atomic E-state index is -0.308. The Hall–Kier alpha value is -2.38. The zero-order valence-corrected chi connectivity index (χ0v) is 11.0. The zero-order valence-electron chi connectivity index (χ0n) is 11.0. The van der Waals surface area contributed by atoms with E-state index in [1.807, 2.05) is 24.6 Å². The number of nitrogen functional groups attached to an aromatic ring is 1. The molecule has 1 amide bonds. The first-order valence-corrected chi connectivity index (χ1v) is 6.03. The van der Waals surface area contributed by atoms with Crippen LogP contribution in [0, 0.1) is 13.8 Å². The molecule has 19 heavy (non-hydrogen) atoms. The molecule has 2 rings (SSSR count). The van der Waals surface area contributed by atoms with Crippen LogP contribution in [0.15, 0.2) is 6.07 Å². The number of H-pyrrole nitrogens is 1. The fourth-order valence-electron chi connectivity index (χ4n) is 1.79. The van der Waals surface area contributed by atoms with Crippen LogP contribution in [0.1, 0.15) is 28.4 Å². The number of aromatic amines is 1. The maximum Gasteiger partial charge on any atom is 0.288 e. The Morgan fingerprint density at radius 3 is 2.89 bits per heavy atom.